The van der Waals surface area contributed by atoms with Crippen molar-refractivity contribution in [1.82, 2.24) is 14.5 Å². The maximum Gasteiger partial charge on any atom is 0.222 e. The van der Waals surface area contributed by atoms with Gasteiger partial charge in [-0.25, -0.2) is 4.98 Å². The van der Waals surface area contributed by atoms with Gasteiger partial charge in [0.15, 0.2) is 0 Å². The third kappa shape index (κ3) is 1.95. The first-order valence-corrected chi connectivity index (χ1v) is 6.60. The van der Waals surface area contributed by atoms with Crippen molar-refractivity contribution in [3.8, 4) is 0 Å². The highest BCUT2D eigenvalue weighted by atomic mass is 15.3. The molecule has 3 rings (SSSR count). The number of hydrogen-bond acceptors (Lipinski definition) is 4. The summed E-state index contributed by atoms with van der Waals surface area (Å²) in [5.41, 5.74) is 9.32. The fourth-order valence-electron chi connectivity index (χ4n) is 2.86. The number of aryl methyl sites for hydroxylation is 2. The molecule has 5 nitrogen and oxygen atoms in total. The molecule has 5 heteroatoms. The summed E-state index contributed by atoms with van der Waals surface area (Å²) < 4.78 is 2.37. The third-order valence-electron chi connectivity index (χ3n) is 3.85. The van der Waals surface area contributed by atoms with Crippen molar-refractivity contribution < 1.29 is 0 Å². The molecule has 2 aromatic rings. The fourth-order valence-corrected chi connectivity index (χ4v) is 2.86. The van der Waals surface area contributed by atoms with E-state index in [0.717, 1.165) is 24.6 Å². The van der Waals surface area contributed by atoms with E-state index in [-0.39, 0.29) is 0 Å². The molecule has 0 saturated carbocycles. The van der Waals surface area contributed by atoms with Gasteiger partial charge < -0.3 is 15.2 Å². The van der Waals surface area contributed by atoms with Gasteiger partial charge in [-0.05, 0) is 32.9 Å². The van der Waals surface area contributed by atoms with Crippen LogP contribution in [0.5, 0.6) is 0 Å². The lowest BCUT2D eigenvalue weighted by Crippen LogP contribution is -2.37. The van der Waals surface area contributed by atoms with E-state index in [0.29, 0.717) is 12.0 Å². The molecule has 0 fully saturated rings. The molecule has 3 heterocycles. The van der Waals surface area contributed by atoms with Crippen molar-refractivity contribution in [2.45, 2.75) is 33.4 Å². The highest BCUT2D eigenvalue weighted by Gasteiger charge is 2.26. The maximum absolute atomic E-state index is 5.76. The molecule has 1 aliphatic rings. The number of nitrogens with two attached hydrogens (primary N) is 1. The minimum atomic E-state index is 0.302. The lowest BCUT2D eigenvalue weighted by Gasteiger charge is -2.36. The largest absolute Gasteiger partial charge is 0.368 e. The zero-order valence-electron chi connectivity index (χ0n) is 11.6. The van der Waals surface area contributed by atoms with Crippen LogP contribution in [0.1, 0.15) is 30.0 Å². The monoisotopic (exact) mass is 257 g/mol. The zero-order chi connectivity index (χ0) is 13.6. The Hall–Kier alpha value is -2.04. The van der Waals surface area contributed by atoms with Crippen LogP contribution in [-0.2, 0) is 6.54 Å². The number of aromatic nitrogens is 3. The minimum absolute atomic E-state index is 0.302. The highest BCUT2D eigenvalue weighted by Crippen LogP contribution is 2.31. The highest BCUT2D eigenvalue weighted by molar-refractivity contribution is 5.46. The summed E-state index contributed by atoms with van der Waals surface area (Å²) in [6, 6.07) is 6.67. The summed E-state index contributed by atoms with van der Waals surface area (Å²) in [6.45, 7) is 8.24. The summed E-state index contributed by atoms with van der Waals surface area (Å²) in [6.07, 6.45) is 0. The molecule has 1 atom stereocenters. The molecule has 0 aromatic carbocycles. The van der Waals surface area contributed by atoms with Gasteiger partial charge in [-0.1, -0.05) is 0 Å². The molecule has 0 saturated heterocycles. The van der Waals surface area contributed by atoms with E-state index >= 15 is 0 Å². The second-order valence-electron chi connectivity index (χ2n) is 5.15. The van der Waals surface area contributed by atoms with Crippen LogP contribution in [0.3, 0.4) is 0 Å². The number of rotatable bonds is 1. The van der Waals surface area contributed by atoms with Crippen LogP contribution in [0.25, 0.3) is 0 Å². The maximum atomic E-state index is 5.76. The predicted octanol–water partition coefficient (Wildman–Crippen LogP) is 2.06. The second-order valence-corrected chi connectivity index (χ2v) is 5.15. The van der Waals surface area contributed by atoms with Crippen LogP contribution in [0.4, 0.5) is 11.8 Å². The molecule has 19 heavy (non-hydrogen) atoms. The first-order chi connectivity index (χ1) is 9.06. The third-order valence-corrected chi connectivity index (χ3v) is 3.85. The van der Waals surface area contributed by atoms with Crippen LogP contribution in [0, 0.1) is 13.8 Å². The molecular formula is C14H19N5. The average molecular weight is 257 g/mol. The number of nitrogens with zero attached hydrogens (tertiary/aromatic N) is 4. The van der Waals surface area contributed by atoms with E-state index in [2.05, 4.69) is 45.4 Å². The van der Waals surface area contributed by atoms with Crippen molar-refractivity contribution >= 4 is 11.8 Å². The molecular weight excluding hydrogens is 238 g/mol. The van der Waals surface area contributed by atoms with E-state index in [9.17, 15) is 0 Å². The van der Waals surface area contributed by atoms with Gasteiger partial charge >= 0.3 is 0 Å². The van der Waals surface area contributed by atoms with Gasteiger partial charge in [0.25, 0.3) is 0 Å². The van der Waals surface area contributed by atoms with Crippen molar-refractivity contribution in [1.29, 1.82) is 0 Å². The van der Waals surface area contributed by atoms with E-state index < -0.39 is 0 Å². The Labute approximate surface area is 113 Å². The van der Waals surface area contributed by atoms with E-state index in [4.69, 9.17) is 5.73 Å². The topological polar surface area (TPSA) is 60.0 Å². The molecule has 0 spiro atoms. The van der Waals surface area contributed by atoms with Gasteiger partial charge in [0, 0.05) is 36.2 Å². The Morgan fingerprint density at radius 1 is 1.21 bits per heavy atom. The first-order valence-electron chi connectivity index (χ1n) is 6.60. The molecule has 0 bridgehead atoms. The number of fused-ring (bicyclic) bond motifs is 1. The Balaban J connectivity index is 1.99. The average Bonchev–Trinajstić information content (AvgIpc) is 2.71. The summed E-state index contributed by atoms with van der Waals surface area (Å²) in [7, 11) is 0. The van der Waals surface area contributed by atoms with Gasteiger partial charge in [-0.2, -0.15) is 4.98 Å². The number of hydrogen-bond donors (Lipinski definition) is 1. The Morgan fingerprint density at radius 2 is 2.00 bits per heavy atom. The number of anilines is 2. The van der Waals surface area contributed by atoms with Gasteiger partial charge in [0.2, 0.25) is 5.95 Å². The number of nitrogen functional groups attached to an aromatic ring is 1. The van der Waals surface area contributed by atoms with Crippen LogP contribution >= 0.6 is 0 Å². The van der Waals surface area contributed by atoms with Crippen molar-refractivity contribution in [3.05, 3.63) is 35.3 Å². The second kappa shape index (κ2) is 4.26. The van der Waals surface area contributed by atoms with Gasteiger partial charge in [-0.15, -0.1) is 0 Å². The van der Waals surface area contributed by atoms with E-state index in [1.54, 1.807) is 0 Å². The summed E-state index contributed by atoms with van der Waals surface area (Å²) in [5.74, 6) is 1.27. The smallest absolute Gasteiger partial charge is 0.222 e. The molecule has 2 N–H and O–H groups in total. The van der Waals surface area contributed by atoms with E-state index in [1.165, 1.54) is 11.4 Å². The quantitative estimate of drug-likeness (QED) is 0.849. The Morgan fingerprint density at radius 3 is 2.74 bits per heavy atom. The standard InChI is InChI=1S/C14H19N5/c1-9-8-13(17-14(15)16-9)19-7-6-18-10(2)4-5-12(18)11(19)3/h4-5,8,11H,6-7H2,1-3H3,(H2,15,16,17). The first kappa shape index (κ1) is 12.0. The van der Waals surface area contributed by atoms with Crippen molar-refractivity contribution in [3.63, 3.8) is 0 Å². The van der Waals surface area contributed by atoms with Gasteiger partial charge in [-0.3, -0.25) is 0 Å². The normalized spacial score (nSPS) is 18.5. The lowest BCUT2D eigenvalue weighted by molar-refractivity contribution is 0.499. The minimum Gasteiger partial charge on any atom is -0.368 e. The summed E-state index contributed by atoms with van der Waals surface area (Å²) >= 11 is 0. The fraction of sp³-hybridized carbons (Fsp3) is 0.429. The summed E-state index contributed by atoms with van der Waals surface area (Å²) in [5, 5.41) is 0. The molecule has 1 aliphatic heterocycles. The van der Waals surface area contributed by atoms with Crippen LogP contribution in [0.2, 0.25) is 0 Å². The van der Waals surface area contributed by atoms with Gasteiger partial charge in [0.1, 0.15) is 5.82 Å². The van der Waals surface area contributed by atoms with Crippen molar-refractivity contribution in [2.24, 2.45) is 0 Å². The van der Waals surface area contributed by atoms with Crippen molar-refractivity contribution in [2.75, 3.05) is 17.2 Å². The molecule has 0 radical (unpaired) electrons. The molecule has 0 amide bonds. The van der Waals surface area contributed by atoms with Crippen LogP contribution in [-0.4, -0.2) is 21.1 Å². The summed E-state index contributed by atoms with van der Waals surface area (Å²) in [4.78, 5) is 10.8. The zero-order valence-corrected chi connectivity index (χ0v) is 11.6. The van der Waals surface area contributed by atoms with Crippen LogP contribution < -0.4 is 10.6 Å². The molecule has 100 valence electrons. The molecule has 0 aliphatic carbocycles. The SMILES string of the molecule is Cc1cc(N2CCn3c(C)ccc3C2C)nc(N)n1. The Bertz CT molecular complexity index is 596. The lowest BCUT2D eigenvalue weighted by atomic mass is 10.1. The molecule has 2 aromatic heterocycles. The molecule has 1 unspecified atom stereocenters. The predicted molar refractivity (Wildman–Crippen MR) is 76.1 cm³/mol. The van der Waals surface area contributed by atoms with Gasteiger partial charge in [0.05, 0.1) is 6.04 Å². The van der Waals surface area contributed by atoms with Crippen LogP contribution in [0.15, 0.2) is 18.2 Å². The van der Waals surface area contributed by atoms with E-state index in [1.807, 2.05) is 13.0 Å². The Kier molecular flexibility index (Phi) is 2.69.